The molecule has 1 aromatic heterocycles. The Bertz CT molecular complexity index is 1280. The van der Waals surface area contributed by atoms with E-state index in [9.17, 15) is 14.4 Å². The van der Waals surface area contributed by atoms with Gasteiger partial charge in [0.1, 0.15) is 11.9 Å². The zero-order chi connectivity index (χ0) is 23.9. The van der Waals surface area contributed by atoms with Crippen LogP contribution in [0.4, 0.5) is 4.79 Å². The Labute approximate surface area is 201 Å². The van der Waals surface area contributed by atoms with Crippen molar-refractivity contribution in [2.75, 3.05) is 19.9 Å². The fraction of sp³-hybridized carbons (Fsp3) is 0.360. The predicted octanol–water partition coefficient (Wildman–Crippen LogP) is 2.51. The van der Waals surface area contributed by atoms with Gasteiger partial charge in [0, 0.05) is 19.0 Å². The third kappa shape index (κ3) is 4.05. The number of nitrogens with one attached hydrogen (secondary N) is 2. The van der Waals surface area contributed by atoms with Gasteiger partial charge in [0.25, 0.3) is 5.91 Å². The number of imide groups is 1. The van der Waals surface area contributed by atoms with E-state index in [1.807, 2.05) is 24.3 Å². The molecule has 2 N–H and O–H groups in total. The van der Waals surface area contributed by atoms with Crippen LogP contribution in [0.1, 0.15) is 36.6 Å². The van der Waals surface area contributed by atoms with Crippen molar-refractivity contribution >= 4 is 28.9 Å². The summed E-state index contributed by atoms with van der Waals surface area (Å²) in [5.74, 6) is 1.92. The molecule has 4 heterocycles. The lowest BCUT2D eigenvalue weighted by Crippen LogP contribution is -2.42. The third-order valence-corrected chi connectivity index (χ3v) is 6.91. The second-order valence-corrected chi connectivity index (χ2v) is 9.11. The highest BCUT2D eigenvalue weighted by atomic mass is 16.7. The molecule has 2 saturated heterocycles. The molecule has 10 heteroatoms. The average molecular weight is 476 g/mol. The number of hydrogen-bond acceptors (Lipinski definition) is 6. The maximum absolute atomic E-state index is 12.9. The summed E-state index contributed by atoms with van der Waals surface area (Å²) in [5, 5.41) is 2.66. The maximum Gasteiger partial charge on any atom is 0.325 e. The largest absolute Gasteiger partial charge is 0.454 e. The van der Waals surface area contributed by atoms with Crippen molar-refractivity contribution in [2.24, 2.45) is 0 Å². The van der Waals surface area contributed by atoms with Crippen LogP contribution in [-0.2, 0) is 16.1 Å². The Morgan fingerprint density at radius 1 is 1.06 bits per heavy atom. The van der Waals surface area contributed by atoms with Crippen LogP contribution < -0.4 is 14.8 Å². The minimum Gasteiger partial charge on any atom is -0.454 e. The standard InChI is InChI=1S/C25H25N5O5/c31-22(29-9-7-16(8-10-29)23-26-17-3-1-2-4-18(17)27-23)12-19-24(32)30(25(33)28-19)13-15-5-6-20-21(11-15)35-14-34-20/h1-6,11,16,19H,7-10,12-14H2,(H,26,27)(H,28,33)/t19-/m0/s1. The van der Waals surface area contributed by atoms with Crippen LogP contribution >= 0.6 is 0 Å². The molecule has 1 atom stereocenters. The molecule has 0 spiro atoms. The van der Waals surface area contributed by atoms with E-state index >= 15 is 0 Å². The molecule has 2 fully saturated rings. The number of benzene rings is 2. The molecule has 0 aliphatic carbocycles. The molecular weight excluding hydrogens is 450 g/mol. The van der Waals surface area contributed by atoms with Crippen LogP contribution in [0.25, 0.3) is 11.0 Å². The first-order valence-electron chi connectivity index (χ1n) is 11.8. The highest BCUT2D eigenvalue weighted by Crippen LogP contribution is 2.33. The van der Waals surface area contributed by atoms with Gasteiger partial charge in [0.15, 0.2) is 11.5 Å². The lowest BCUT2D eigenvalue weighted by molar-refractivity contribution is -0.136. The van der Waals surface area contributed by atoms with Gasteiger partial charge in [-0.3, -0.25) is 14.5 Å². The SMILES string of the molecule is O=C(C[C@@H]1NC(=O)N(Cc2ccc3c(c2)OCO3)C1=O)N1CCC(c2nc3ccccc3[nH]2)CC1. The molecule has 3 aliphatic rings. The number of H-pyrrole nitrogens is 1. The van der Waals surface area contributed by atoms with Gasteiger partial charge in [-0.2, -0.15) is 0 Å². The average Bonchev–Trinajstić information content (AvgIpc) is 3.58. The van der Waals surface area contributed by atoms with Gasteiger partial charge < -0.3 is 24.7 Å². The molecule has 6 rings (SSSR count). The minimum absolute atomic E-state index is 0.0441. The summed E-state index contributed by atoms with van der Waals surface area (Å²) in [6, 6.07) is 11.9. The fourth-order valence-corrected chi connectivity index (χ4v) is 4.96. The maximum atomic E-state index is 12.9. The van der Waals surface area contributed by atoms with Crippen molar-refractivity contribution in [3.05, 3.63) is 53.9 Å². The minimum atomic E-state index is -0.850. The Kier molecular flexibility index (Phi) is 5.28. The van der Waals surface area contributed by atoms with Gasteiger partial charge in [-0.05, 0) is 42.7 Å². The number of aromatic nitrogens is 2. The summed E-state index contributed by atoms with van der Waals surface area (Å²) in [4.78, 5) is 49.3. The first kappa shape index (κ1) is 21.5. The van der Waals surface area contributed by atoms with E-state index in [1.165, 1.54) is 0 Å². The monoisotopic (exact) mass is 475 g/mol. The van der Waals surface area contributed by atoms with Crippen LogP contribution in [-0.4, -0.2) is 63.5 Å². The Morgan fingerprint density at radius 3 is 2.69 bits per heavy atom. The number of ether oxygens (including phenoxy) is 2. The molecular formula is C25H25N5O5. The number of nitrogens with zero attached hydrogens (tertiary/aromatic N) is 3. The number of fused-ring (bicyclic) bond motifs is 2. The Morgan fingerprint density at radius 2 is 1.86 bits per heavy atom. The van der Waals surface area contributed by atoms with Gasteiger partial charge in [0.05, 0.1) is 24.0 Å². The van der Waals surface area contributed by atoms with Crippen molar-refractivity contribution in [1.82, 2.24) is 25.1 Å². The van der Waals surface area contributed by atoms with Crippen molar-refractivity contribution in [3.63, 3.8) is 0 Å². The predicted molar refractivity (Wildman–Crippen MR) is 125 cm³/mol. The molecule has 0 radical (unpaired) electrons. The van der Waals surface area contributed by atoms with E-state index in [0.29, 0.717) is 24.6 Å². The number of urea groups is 1. The van der Waals surface area contributed by atoms with E-state index in [4.69, 9.17) is 14.5 Å². The second kappa shape index (κ2) is 8.61. The highest BCUT2D eigenvalue weighted by molar-refractivity contribution is 6.05. The highest BCUT2D eigenvalue weighted by Gasteiger charge is 2.40. The molecule has 4 amide bonds. The summed E-state index contributed by atoms with van der Waals surface area (Å²) < 4.78 is 10.7. The molecule has 3 aromatic rings. The number of piperidine rings is 1. The van der Waals surface area contributed by atoms with Crippen LogP contribution in [0.15, 0.2) is 42.5 Å². The van der Waals surface area contributed by atoms with Gasteiger partial charge in [-0.1, -0.05) is 18.2 Å². The van der Waals surface area contributed by atoms with Crippen molar-refractivity contribution < 1.29 is 23.9 Å². The van der Waals surface area contributed by atoms with E-state index < -0.39 is 18.0 Å². The van der Waals surface area contributed by atoms with Crippen LogP contribution in [0.3, 0.4) is 0 Å². The first-order chi connectivity index (χ1) is 17.0. The lowest BCUT2D eigenvalue weighted by Gasteiger charge is -2.31. The number of amides is 4. The fourth-order valence-electron chi connectivity index (χ4n) is 4.96. The lowest BCUT2D eigenvalue weighted by atomic mass is 9.95. The molecule has 35 heavy (non-hydrogen) atoms. The van der Waals surface area contributed by atoms with Crippen LogP contribution in [0.2, 0.25) is 0 Å². The summed E-state index contributed by atoms with van der Waals surface area (Å²) in [5.41, 5.74) is 2.71. The van der Waals surface area contributed by atoms with Crippen molar-refractivity contribution in [1.29, 1.82) is 0 Å². The van der Waals surface area contributed by atoms with Gasteiger partial charge >= 0.3 is 6.03 Å². The second-order valence-electron chi connectivity index (χ2n) is 9.11. The Balaban J connectivity index is 1.04. The van der Waals surface area contributed by atoms with E-state index in [1.54, 1.807) is 23.1 Å². The Hall–Kier alpha value is -4.08. The molecule has 3 aliphatic heterocycles. The van der Waals surface area contributed by atoms with Crippen LogP contribution in [0.5, 0.6) is 11.5 Å². The molecule has 0 saturated carbocycles. The van der Waals surface area contributed by atoms with Gasteiger partial charge in [-0.25, -0.2) is 9.78 Å². The number of likely N-dealkylation sites (tertiary alicyclic amines) is 1. The van der Waals surface area contributed by atoms with Crippen LogP contribution in [0, 0.1) is 0 Å². The first-order valence-corrected chi connectivity index (χ1v) is 11.8. The van der Waals surface area contributed by atoms with Crippen molar-refractivity contribution in [3.8, 4) is 11.5 Å². The topological polar surface area (TPSA) is 117 Å². The molecule has 180 valence electrons. The molecule has 0 unspecified atom stereocenters. The van der Waals surface area contributed by atoms with E-state index in [0.717, 1.165) is 40.2 Å². The smallest absolute Gasteiger partial charge is 0.325 e. The number of rotatable bonds is 5. The van der Waals surface area contributed by atoms with Crippen molar-refractivity contribution in [2.45, 2.75) is 37.8 Å². The zero-order valence-corrected chi connectivity index (χ0v) is 19.0. The number of carbonyl (C=O) groups excluding carboxylic acids is 3. The number of aromatic amines is 1. The normalized spacial score (nSPS) is 20.1. The van der Waals surface area contributed by atoms with Gasteiger partial charge in [-0.15, -0.1) is 0 Å². The quantitative estimate of drug-likeness (QED) is 0.548. The van der Waals surface area contributed by atoms with E-state index in [2.05, 4.69) is 10.3 Å². The number of imidazole rings is 1. The number of para-hydroxylation sites is 2. The van der Waals surface area contributed by atoms with Gasteiger partial charge in [0.2, 0.25) is 12.7 Å². The summed E-state index contributed by atoms with van der Waals surface area (Å²) in [6.07, 6.45) is 1.55. The summed E-state index contributed by atoms with van der Waals surface area (Å²) >= 11 is 0. The molecule has 10 nitrogen and oxygen atoms in total. The zero-order valence-electron chi connectivity index (χ0n) is 19.0. The van der Waals surface area contributed by atoms with E-state index in [-0.39, 0.29) is 31.6 Å². The molecule has 2 aromatic carbocycles. The summed E-state index contributed by atoms with van der Waals surface area (Å²) in [6.45, 7) is 1.45. The molecule has 0 bridgehead atoms. The summed E-state index contributed by atoms with van der Waals surface area (Å²) in [7, 11) is 0. The number of carbonyl (C=O) groups is 3. The third-order valence-electron chi connectivity index (χ3n) is 6.91. The number of hydrogen-bond donors (Lipinski definition) is 2.